The molecular weight excluding hydrogens is 671 g/mol. The molecule has 0 aliphatic heterocycles. The van der Waals surface area contributed by atoms with E-state index in [1.54, 1.807) is 6.07 Å². The number of hydrogen-bond donors (Lipinski definition) is 0. The van der Waals surface area contributed by atoms with Crippen molar-refractivity contribution in [2.75, 3.05) is 0 Å². The third-order valence-corrected chi connectivity index (χ3v) is 10.6. The van der Waals surface area contributed by atoms with Gasteiger partial charge in [0.25, 0.3) is 0 Å². The molecule has 0 saturated heterocycles. The fourth-order valence-corrected chi connectivity index (χ4v) is 7.74. The number of nitrogens with zero attached hydrogens (tertiary/aromatic N) is 5. The highest BCUT2D eigenvalue weighted by Crippen LogP contribution is 2.53. The van der Waals surface area contributed by atoms with Crippen LogP contribution in [0.1, 0.15) is 30.5 Å². The zero-order valence-corrected chi connectivity index (χ0v) is 30.3. The highest BCUT2D eigenvalue weighted by molar-refractivity contribution is 5.93. The quantitative estimate of drug-likeness (QED) is 0.162. The molecule has 8 aromatic rings. The van der Waals surface area contributed by atoms with Crippen LogP contribution in [0.25, 0.3) is 83.3 Å². The van der Waals surface area contributed by atoms with E-state index in [0.717, 1.165) is 78.1 Å². The zero-order chi connectivity index (χ0) is 37.5. The molecule has 0 saturated carbocycles. The summed E-state index contributed by atoms with van der Waals surface area (Å²) in [6, 6.07) is 54.2. The second-order valence-corrected chi connectivity index (χ2v) is 14.3. The van der Waals surface area contributed by atoms with E-state index in [0.29, 0.717) is 17.1 Å². The summed E-state index contributed by atoms with van der Waals surface area (Å²) in [6.45, 7) is 12.3. The Morgan fingerprint density at radius 1 is 0.527 bits per heavy atom. The molecule has 0 fully saturated rings. The SMILES string of the molecule is [C-]#[N+]c1cc(C#N)cc2c1-c1ccc(-c3cc(-c4ccncc4)cc(-c4cc(-c5ccc(-c6ccccc6)cc5)nc(-c5ccccc5)n4)c3)cc1C2(C)C. The first-order chi connectivity index (χ1) is 26.9. The summed E-state index contributed by atoms with van der Waals surface area (Å²) in [5.41, 5.74) is 15.8. The standard InChI is InChI=1S/C50H33N5/c1-50(2)43-29-38(18-19-42(43)48-44(50)24-32(31-51)25-47(48)52-3)40-26-39(35-20-22-53-23-21-35)27-41(28-40)46-30-45(54-49(55-46)37-12-8-5-9-13-37)36-16-14-34(15-17-36)33-10-6-4-7-11-33/h4-30H,1-2H3. The summed E-state index contributed by atoms with van der Waals surface area (Å²) in [5, 5.41) is 9.76. The molecule has 2 heterocycles. The second-order valence-electron chi connectivity index (χ2n) is 14.3. The Morgan fingerprint density at radius 3 is 1.76 bits per heavy atom. The summed E-state index contributed by atoms with van der Waals surface area (Å²) in [7, 11) is 0. The van der Waals surface area contributed by atoms with Gasteiger partial charge in [0.05, 0.1) is 24.0 Å². The lowest BCUT2D eigenvalue weighted by Gasteiger charge is -2.22. The summed E-state index contributed by atoms with van der Waals surface area (Å²) in [4.78, 5) is 18.4. The number of rotatable bonds is 6. The fourth-order valence-electron chi connectivity index (χ4n) is 7.74. The molecule has 0 atom stereocenters. The first-order valence-electron chi connectivity index (χ1n) is 18.2. The van der Waals surface area contributed by atoms with Gasteiger partial charge in [0.1, 0.15) is 0 Å². The Bertz CT molecular complexity index is 2830. The van der Waals surface area contributed by atoms with Crippen LogP contribution in [0.4, 0.5) is 5.69 Å². The van der Waals surface area contributed by atoms with Crippen LogP contribution in [-0.4, -0.2) is 15.0 Å². The Morgan fingerprint density at radius 2 is 1.09 bits per heavy atom. The van der Waals surface area contributed by atoms with Gasteiger partial charge in [0.15, 0.2) is 11.5 Å². The maximum atomic E-state index is 9.76. The van der Waals surface area contributed by atoms with Crippen molar-refractivity contribution in [3.8, 4) is 84.5 Å². The predicted molar refractivity (Wildman–Crippen MR) is 221 cm³/mol. The molecule has 0 N–H and O–H groups in total. The van der Waals surface area contributed by atoms with E-state index in [9.17, 15) is 5.26 Å². The summed E-state index contributed by atoms with van der Waals surface area (Å²) in [6.07, 6.45) is 3.63. The van der Waals surface area contributed by atoms with Gasteiger partial charge in [0, 0.05) is 40.1 Å². The first kappa shape index (κ1) is 33.4. The topological polar surface area (TPSA) is 66.8 Å². The Balaban J connectivity index is 1.21. The zero-order valence-electron chi connectivity index (χ0n) is 30.3. The van der Waals surface area contributed by atoms with Crippen molar-refractivity contribution in [2.45, 2.75) is 19.3 Å². The molecule has 0 radical (unpaired) electrons. The van der Waals surface area contributed by atoms with Crippen molar-refractivity contribution in [2.24, 2.45) is 0 Å². The minimum absolute atomic E-state index is 0.402. The fraction of sp³-hybridized carbons (Fsp3) is 0.0600. The maximum Gasteiger partial charge on any atom is 0.196 e. The molecule has 0 bridgehead atoms. The van der Waals surface area contributed by atoms with Crippen molar-refractivity contribution < 1.29 is 0 Å². The number of fused-ring (bicyclic) bond motifs is 3. The van der Waals surface area contributed by atoms with Crippen molar-refractivity contribution in [1.29, 1.82) is 5.26 Å². The lowest BCUT2D eigenvalue weighted by atomic mass is 9.81. The molecule has 1 aliphatic rings. The van der Waals surface area contributed by atoms with Gasteiger partial charge in [-0.05, 0) is 110 Å². The Hall–Kier alpha value is -7.47. The van der Waals surface area contributed by atoms with Crippen molar-refractivity contribution in [3.05, 3.63) is 192 Å². The minimum atomic E-state index is -0.402. The van der Waals surface area contributed by atoms with Crippen molar-refractivity contribution in [3.63, 3.8) is 0 Å². The van der Waals surface area contributed by atoms with Gasteiger partial charge in [0.2, 0.25) is 0 Å². The average molecular weight is 704 g/mol. The molecule has 1 aliphatic carbocycles. The third-order valence-electron chi connectivity index (χ3n) is 10.6. The third kappa shape index (κ3) is 6.05. The molecule has 55 heavy (non-hydrogen) atoms. The van der Waals surface area contributed by atoms with Crippen LogP contribution in [0, 0.1) is 17.9 Å². The molecule has 5 nitrogen and oxygen atoms in total. The van der Waals surface area contributed by atoms with Crippen molar-refractivity contribution >= 4 is 5.69 Å². The lowest BCUT2D eigenvalue weighted by Crippen LogP contribution is -2.15. The molecule has 0 amide bonds. The van der Waals surface area contributed by atoms with Gasteiger partial charge in [-0.1, -0.05) is 111 Å². The second kappa shape index (κ2) is 13.5. The normalized spacial score (nSPS) is 12.3. The van der Waals surface area contributed by atoms with E-state index in [-0.39, 0.29) is 0 Å². The minimum Gasteiger partial charge on any atom is -0.265 e. The van der Waals surface area contributed by atoms with Crippen LogP contribution in [0.5, 0.6) is 0 Å². The molecule has 2 aromatic heterocycles. The van der Waals surface area contributed by atoms with Crippen LogP contribution in [0.3, 0.4) is 0 Å². The van der Waals surface area contributed by atoms with Crippen LogP contribution in [-0.2, 0) is 5.41 Å². The van der Waals surface area contributed by atoms with E-state index in [1.807, 2.05) is 67.0 Å². The van der Waals surface area contributed by atoms with Gasteiger partial charge in [-0.25, -0.2) is 14.8 Å². The van der Waals surface area contributed by atoms with Crippen LogP contribution in [0.15, 0.2) is 164 Å². The molecule has 0 unspecified atom stereocenters. The van der Waals surface area contributed by atoms with Crippen LogP contribution < -0.4 is 0 Å². The lowest BCUT2D eigenvalue weighted by molar-refractivity contribution is 0.660. The molecule has 0 spiro atoms. The Labute approximate surface area is 320 Å². The van der Waals surface area contributed by atoms with Crippen molar-refractivity contribution in [1.82, 2.24) is 15.0 Å². The highest BCUT2D eigenvalue weighted by Gasteiger charge is 2.37. The van der Waals surface area contributed by atoms with Gasteiger partial charge < -0.3 is 0 Å². The molecule has 6 aromatic carbocycles. The van der Waals surface area contributed by atoms with Gasteiger partial charge in [-0.2, -0.15) is 5.26 Å². The van der Waals surface area contributed by atoms with E-state index in [4.69, 9.17) is 16.5 Å². The summed E-state index contributed by atoms with van der Waals surface area (Å²) < 4.78 is 0. The highest BCUT2D eigenvalue weighted by atomic mass is 14.9. The molecular formula is C50H33N5. The van der Waals surface area contributed by atoms with Crippen LogP contribution >= 0.6 is 0 Å². The molecule has 258 valence electrons. The molecule has 5 heteroatoms. The number of aromatic nitrogens is 3. The predicted octanol–water partition coefficient (Wildman–Crippen LogP) is 12.6. The van der Waals surface area contributed by atoms with E-state index in [2.05, 4.69) is 121 Å². The van der Waals surface area contributed by atoms with Gasteiger partial charge in [-0.3, -0.25) is 4.98 Å². The first-order valence-corrected chi connectivity index (χ1v) is 18.2. The summed E-state index contributed by atoms with van der Waals surface area (Å²) in [5.74, 6) is 0.653. The average Bonchev–Trinajstić information content (AvgIpc) is 3.49. The van der Waals surface area contributed by atoms with Gasteiger partial charge in [-0.15, -0.1) is 0 Å². The smallest absolute Gasteiger partial charge is 0.196 e. The number of hydrogen-bond acceptors (Lipinski definition) is 4. The Kier molecular flexibility index (Phi) is 8.19. The monoisotopic (exact) mass is 703 g/mol. The van der Waals surface area contributed by atoms with E-state index < -0.39 is 5.41 Å². The van der Waals surface area contributed by atoms with E-state index >= 15 is 0 Å². The van der Waals surface area contributed by atoms with Crippen LogP contribution in [0.2, 0.25) is 0 Å². The molecule has 9 rings (SSSR count). The number of pyridine rings is 1. The largest absolute Gasteiger partial charge is 0.265 e. The maximum absolute atomic E-state index is 9.76. The number of benzene rings is 6. The van der Waals surface area contributed by atoms with Gasteiger partial charge >= 0.3 is 0 Å². The summed E-state index contributed by atoms with van der Waals surface area (Å²) >= 11 is 0. The van der Waals surface area contributed by atoms with E-state index in [1.165, 1.54) is 5.56 Å². The number of nitriles is 1.